The van der Waals surface area contributed by atoms with Gasteiger partial charge in [0.2, 0.25) is 28.4 Å². The lowest BCUT2D eigenvalue weighted by atomic mass is 10.1. The van der Waals surface area contributed by atoms with Gasteiger partial charge in [-0.2, -0.15) is 0 Å². The van der Waals surface area contributed by atoms with E-state index in [4.69, 9.17) is 23.4 Å². The molecule has 142 valence electrons. The minimum Gasteiger partial charge on any atom is -0.504 e. The molecule has 0 fully saturated rings. The fourth-order valence-corrected chi connectivity index (χ4v) is 2.82. The number of aromatic hydroxyl groups is 2. The largest absolute Gasteiger partial charge is 0.504 e. The van der Waals surface area contributed by atoms with Crippen LogP contribution in [0.4, 0.5) is 0 Å². The molecule has 3 rings (SSSR count). The lowest BCUT2D eigenvalue weighted by Gasteiger charge is -2.15. The van der Waals surface area contributed by atoms with Crippen molar-refractivity contribution in [3.05, 3.63) is 34.5 Å². The molecule has 0 aliphatic rings. The Morgan fingerprint density at radius 1 is 0.778 bits per heavy atom. The van der Waals surface area contributed by atoms with Gasteiger partial charge in [-0.15, -0.1) is 0 Å². The number of hydrogen-bond donors (Lipinski definition) is 2. The van der Waals surface area contributed by atoms with Crippen LogP contribution in [0.1, 0.15) is 0 Å². The Balaban J connectivity index is 2.45. The van der Waals surface area contributed by atoms with Crippen molar-refractivity contribution in [3.8, 4) is 45.8 Å². The van der Waals surface area contributed by atoms with Crippen LogP contribution in [0.3, 0.4) is 0 Å². The number of methoxy groups -OCH3 is 4. The summed E-state index contributed by atoms with van der Waals surface area (Å²) in [5.74, 6) is -0.876. The predicted molar refractivity (Wildman–Crippen MR) is 97.5 cm³/mol. The summed E-state index contributed by atoms with van der Waals surface area (Å²) >= 11 is 0. The van der Waals surface area contributed by atoms with Crippen LogP contribution in [-0.2, 0) is 0 Å². The Morgan fingerprint density at radius 3 is 1.89 bits per heavy atom. The van der Waals surface area contributed by atoms with Gasteiger partial charge in [0, 0.05) is 5.56 Å². The van der Waals surface area contributed by atoms with Crippen LogP contribution < -0.4 is 24.4 Å². The summed E-state index contributed by atoms with van der Waals surface area (Å²) in [6, 6.07) is 6.78. The van der Waals surface area contributed by atoms with Gasteiger partial charge in [-0.1, -0.05) is 0 Å². The smallest absolute Gasteiger partial charge is 0.239 e. The minimum atomic E-state index is -0.684. The summed E-state index contributed by atoms with van der Waals surface area (Å²) in [5.41, 5.74) is -0.208. The van der Waals surface area contributed by atoms with Crippen molar-refractivity contribution in [1.29, 1.82) is 0 Å². The number of ether oxygens (including phenoxy) is 4. The van der Waals surface area contributed by atoms with E-state index in [0.717, 1.165) is 0 Å². The van der Waals surface area contributed by atoms with Crippen molar-refractivity contribution >= 4 is 11.0 Å². The Kier molecular flexibility index (Phi) is 4.72. The van der Waals surface area contributed by atoms with Crippen LogP contribution >= 0.6 is 0 Å². The number of fused-ring (bicyclic) bond motifs is 1. The van der Waals surface area contributed by atoms with Gasteiger partial charge in [-0.25, -0.2) is 0 Å². The molecule has 2 N–H and O–H groups in total. The highest BCUT2D eigenvalue weighted by molar-refractivity contribution is 5.96. The van der Waals surface area contributed by atoms with Gasteiger partial charge in [0.1, 0.15) is 11.1 Å². The Bertz CT molecular complexity index is 1050. The van der Waals surface area contributed by atoms with Crippen molar-refractivity contribution in [1.82, 2.24) is 0 Å². The average molecular weight is 374 g/mol. The van der Waals surface area contributed by atoms with Crippen molar-refractivity contribution in [2.75, 3.05) is 28.4 Å². The molecule has 8 heteroatoms. The van der Waals surface area contributed by atoms with Gasteiger partial charge in [0.15, 0.2) is 17.1 Å². The molecule has 1 heterocycles. The molecule has 0 saturated carbocycles. The summed E-state index contributed by atoms with van der Waals surface area (Å²) in [4.78, 5) is 12.9. The molecule has 0 saturated heterocycles. The molecular weight excluding hydrogens is 356 g/mol. The van der Waals surface area contributed by atoms with Crippen LogP contribution in [0.2, 0.25) is 0 Å². The average Bonchev–Trinajstić information content (AvgIpc) is 2.69. The van der Waals surface area contributed by atoms with E-state index in [2.05, 4.69) is 0 Å². The van der Waals surface area contributed by atoms with E-state index in [1.807, 2.05) is 0 Å². The lowest BCUT2D eigenvalue weighted by Crippen LogP contribution is -2.09. The first-order valence-electron chi connectivity index (χ1n) is 7.83. The van der Waals surface area contributed by atoms with E-state index in [1.165, 1.54) is 28.4 Å². The predicted octanol–water partition coefficient (Wildman–Crippen LogP) is 2.91. The van der Waals surface area contributed by atoms with Crippen LogP contribution in [-0.4, -0.2) is 38.7 Å². The molecule has 1 aromatic heterocycles. The van der Waals surface area contributed by atoms with Crippen molar-refractivity contribution in [2.24, 2.45) is 0 Å². The van der Waals surface area contributed by atoms with E-state index < -0.39 is 16.9 Å². The molecule has 27 heavy (non-hydrogen) atoms. The second kappa shape index (κ2) is 6.99. The SMILES string of the molecule is COc1ccc(-c2oc3c(OC)c(OC)c(O)c(O)c3c(=O)c2OC)cc1. The highest BCUT2D eigenvalue weighted by Gasteiger charge is 2.28. The van der Waals surface area contributed by atoms with Crippen LogP contribution in [0.15, 0.2) is 33.5 Å². The zero-order valence-corrected chi connectivity index (χ0v) is 15.2. The summed E-state index contributed by atoms with van der Waals surface area (Å²) < 4.78 is 26.6. The molecule has 0 bridgehead atoms. The number of phenolic OH excluding ortho intramolecular Hbond substituents is 2. The van der Waals surface area contributed by atoms with Gasteiger partial charge in [-0.05, 0) is 24.3 Å². The molecule has 3 aromatic rings. The number of phenols is 2. The maximum atomic E-state index is 12.9. The maximum absolute atomic E-state index is 12.9. The highest BCUT2D eigenvalue weighted by Crippen LogP contribution is 2.50. The van der Waals surface area contributed by atoms with E-state index >= 15 is 0 Å². The molecule has 0 radical (unpaired) electrons. The van der Waals surface area contributed by atoms with Crippen LogP contribution in [0.5, 0.6) is 34.5 Å². The maximum Gasteiger partial charge on any atom is 0.239 e. The monoisotopic (exact) mass is 374 g/mol. The molecule has 0 aliphatic carbocycles. The molecule has 0 amide bonds. The number of rotatable bonds is 5. The summed E-state index contributed by atoms with van der Waals surface area (Å²) in [6.45, 7) is 0. The molecule has 0 atom stereocenters. The summed E-state index contributed by atoms with van der Waals surface area (Å²) in [6.07, 6.45) is 0. The van der Waals surface area contributed by atoms with Crippen LogP contribution in [0.25, 0.3) is 22.3 Å². The van der Waals surface area contributed by atoms with Crippen LogP contribution in [0, 0.1) is 0 Å². The fourth-order valence-electron chi connectivity index (χ4n) is 2.82. The summed E-state index contributed by atoms with van der Waals surface area (Å²) in [7, 11) is 5.46. The minimum absolute atomic E-state index is 0.0303. The van der Waals surface area contributed by atoms with Gasteiger partial charge >= 0.3 is 0 Å². The second-order valence-corrected chi connectivity index (χ2v) is 5.49. The Hall–Kier alpha value is -3.55. The fraction of sp³-hybridized carbons (Fsp3) is 0.211. The highest BCUT2D eigenvalue weighted by atomic mass is 16.5. The van der Waals surface area contributed by atoms with Crippen molar-refractivity contribution in [2.45, 2.75) is 0 Å². The first kappa shape index (κ1) is 18.2. The molecule has 8 nitrogen and oxygen atoms in total. The lowest BCUT2D eigenvalue weighted by molar-refractivity contribution is 0.320. The number of hydrogen-bond acceptors (Lipinski definition) is 8. The standard InChI is InChI=1S/C19H18O8/c1-23-10-7-5-9(6-8-10)15-17(24-2)13(21)11-12(20)14(22)18(25-3)19(26-4)16(11)27-15/h5-8,20,22H,1-4H3. The van der Waals surface area contributed by atoms with E-state index in [9.17, 15) is 15.0 Å². The third-order valence-corrected chi connectivity index (χ3v) is 4.12. The first-order valence-corrected chi connectivity index (χ1v) is 7.83. The van der Waals surface area contributed by atoms with Crippen molar-refractivity contribution in [3.63, 3.8) is 0 Å². The van der Waals surface area contributed by atoms with Gasteiger partial charge in [0.05, 0.1) is 28.4 Å². The van der Waals surface area contributed by atoms with Gasteiger partial charge < -0.3 is 33.6 Å². The zero-order valence-electron chi connectivity index (χ0n) is 15.2. The molecular formula is C19H18O8. The number of benzene rings is 2. The van der Waals surface area contributed by atoms with E-state index in [-0.39, 0.29) is 34.0 Å². The molecule has 0 unspecified atom stereocenters. The van der Waals surface area contributed by atoms with E-state index in [1.54, 1.807) is 24.3 Å². The Labute approximate surface area is 154 Å². The topological polar surface area (TPSA) is 108 Å². The third-order valence-electron chi connectivity index (χ3n) is 4.12. The molecule has 0 aliphatic heterocycles. The Morgan fingerprint density at radius 2 is 1.37 bits per heavy atom. The molecule has 2 aromatic carbocycles. The first-order chi connectivity index (χ1) is 13.0. The second-order valence-electron chi connectivity index (χ2n) is 5.49. The third kappa shape index (κ3) is 2.75. The normalized spacial score (nSPS) is 10.7. The quantitative estimate of drug-likeness (QED) is 0.657. The van der Waals surface area contributed by atoms with Gasteiger partial charge in [0.25, 0.3) is 0 Å². The molecule has 0 spiro atoms. The zero-order chi connectivity index (χ0) is 19.7. The summed E-state index contributed by atoms with van der Waals surface area (Å²) in [5, 5.41) is 20.2. The van der Waals surface area contributed by atoms with Crippen molar-refractivity contribution < 1.29 is 33.6 Å². The van der Waals surface area contributed by atoms with E-state index in [0.29, 0.717) is 11.3 Å². The van der Waals surface area contributed by atoms with Gasteiger partial charge in [-0.3, -0.25) is 4.79 Å².